The van der Waals surface area contributed by atoms with Gasteiger partial charge in [0.15, 0.2) is 0 Å². The Labute approximate surface area is 90.6 Å². The van der Waals surface area contributed by atoms with Gasteiger partial charge in [-0.05, 0) is 26.3 Å². The Hall–Kier alpha value is -0.870. The van der Waals surface area contributed by atoms with Crippen LogP contribution in [0.2, 0.25) is 0 Å². The Bertz CT molecular complexity index is 322. The number of fused-ring (bicyclic) bond motifs is 1. The molecule has 0 bridgehead atoms. The van der Waals surface area contributed by atoms with Gasteiger partial charge in [0, 0.05) is 26.5 Å². The highest BCUT2D eigenvalue weighted by molar-refractivity contribution is 5.07. The first-order valence-corrected chi connectivity index (χ1v) is 5.57. The maximum atomic E-state index is 5.13. The number of aryl methyl sites for hydroxylation is 2. The summed E-state index contributed by atoms with van der Waals surface area (Å²) in [4.78, 5) is 4.59. The van der Waals surface area contributed by atoms with Crippen molar-refractivity contribution in [3.8, 4) is 0 Å². The first-order valence-electron chi connectivity index (χ1n) is 5.57. The van der Waals surface area contributed by atoms with Crippen LogP contribution in [0.4, 0.5) is 0 Å². The Balaban J connectivity index is 2.16. The van der Waals surface area contributed by atoms with Crippen LogP contribution in [-0.4, -0.2) is 29.8 Å². The monoisotopic (exact) mass is 209 g/mol. The lowest BCUT2D eigenvalue weighted by molar-refractivity contribution is 0.182. The molecule has 0 fully saturated rings. The first kappa shape index (κ1) is 10.6. The average molecular weight is 209 g/mol. The van der Waals surface area contributed by atoms with Crippen molar-refractivity contribution >= 4 is 0 Å². The van der Waals surface area contributed by atoms with Gasteiger partial charge in [-0.2, -0.15) is 0 Å². The largest absolute Gasteiger partial charge is 0.385 e. The second-order valence-electron chi connectivity index (χ2n) is 4.08. The van der Waals surface area contributed by atoms with Crippen LogP contribution in [0.15, 0.2) is 6.20 Å². The SMILES string of the molecule is COCCC1NCCCn2cc(C)nc21. The molecule has 1 atom stereocenters. The molecule has 0 aromatic carbocycles. The molecule has 15 heavy (non-hydrogen) atoms. The molecular weight excluding hydrogens is 190 g/mol. The predicted molar refractivity (Wildman–Crippen MR) is 58.8 cm³/mol. The van der Waals surface area contributed by atoms with Gasteiger partial charge in [-0.25, -0.2) is 4.98 Å². The zero-order valence-electron chi connectivity index (χ0n) is 9.49. The van der Waals surface area contributed by atoms with Crippen LogP contribution in [0.3, 0.4) is 0 Å². The maximum Gasteiger partial charge on any atom is 0.126 e. The van der Waals surface area contributed by atoms with Crippen molar-refractivity contribution in [3.63, 3.8) is 0 Å². The van der Waals surface area contributed by atoms with E-state index in [-0.39, 0.29) is 0 Å². The van der Waals surface area contributed by atoms with Crippen LogP contribution in [0.5, 0.6) is 0 Å². The molecule has 1 aromatic heterocycles. The third kappa shape index (κ3) is 2.38. The van der Waals surface area contributed by atoms with E-state index in [0.29, 0.717) is 6.04 Å². The molecule has 0 aliphatic carbocycles. The van der Waals surface area contributed by atoms with Gasteiger partial charge in [0.05, 0.1) is 11.7 Å². The minimum absolute atomic E-state index is 0.348. The van der Waals surface area contributed by atoms with E-state index in [4.69, 9.17) is 4.74 Å². The number of aromatic nitrogens is 2. The molecule has 0 saturated carbocycles. The molecule has 1 unspecified atom stereocenters. The number of rotatable bonds is 3. The highest BCUT2D eigenvalue weighted by Gasteiger charge is 2.19. The Morgan fingerprint density at radius 2 is 2.53 bits per heavy atom. The van der Waals surface area contributed by atoms with Crippen molar-refractivity contribution in [1.29, 1.82) is 0 Å². The zero-order chi connectivity index (χ0) is 10.7. The molecule has 0 saturated heterocycles. The topological polar surface area (TPSA) is 39.1 Å². The zero-order valence-corrected chi connectivity index (χ0v) is 9.49. The van der Waals surface area contributed by atoms with E-state index < -0.39 is 0 Å². The lowest BCUT2D eigenvalue weighted by Gasteiger charge is -2.15. The molecule has 4 nitrogen and oxygen atoms in total. The van der Waals surface area contributed by atoms with Gasteiger partial charge in [0.25, 0.3) is 0 Å². The molecule has 0 amide bonds. The summed E-state index contributed by atoms with van der Waals surface area (Å²) in [5.74, 6) is 1.17. The van der Waals surface area contributed by atoms with Crippen molar-refractivity contribution in [2.45, 2.75) is 32.4 Å². The molecule has 0 spiro atoms. The highest BCUT2D eigenvalue weighted by Crippen LogP contribution is 2.19. The summed E-state index contributed by atoms with van der Waals surface area (Å²) in [7, 11) is 1.74. The number of nitrogens with one attached hydrogen (secondary N) is 1. The fourth-order valence-corrected chi connectivity index (χ4v) is 2.11. The van der Waals surface area contributed by atoms with Crippen molar-refractivity contribution in [2.75, 3.05) is 20.3 Å². The third-order valence-electron chi connectivity index (χ3n) is 2.82. The smallest absolute Gasteiger partial charge is 0.126 e. The van der Waals surface area contributed by atoms with Crippen LogP contribution in [0, 0.1) is 6.92 Å². The fraction of sp³-hybridized carbons (Fsp3) is 0.727. The molecular formula is C11H19N3O. The van der Waals surface area contributed by atoms with Crippen LogP contribution >= 0.6 is 0 Å². The van der Waals surface area contributed by atoms with Crippen molar-refractivity contribution < 1.29 is 4.74 Å². The Morgan fingerprint density at radius 1 is 1.67 bits per heavy atom. The Morgan fingerprint density at radius 3 is 3.33 bits per heavy atom. The molecule has 0 radical (unpaired) electrons. The molecule has 84 valence electrons. The molecule has 1 aromatic rings. The van der Waals surface area contributed by atoms with Crippen molar-refractivity contribution in [3.05, 3.63) is 17.7 Å². The average Bonchev–Trinajstić information content (AvgIpc) is 2.49. The maximum absolute atomic E-state index is 5.13. The first-order chi connectivity index (χ1) is 7.31. The third-order valence-corrected chi connectivity index (χ3v) is 2.82. The predicted octanol–water partition coefficient (Wildman–Crippen LogP) is 1.26. The van der Waals surface area contributed by atoms with Gasteiger partial charge in [0.2, 0.25) is 0 Å². The van der Waals surface area contributed by atoms with Crippen LogP contribution in [-0.2, 0) is 11.3 Å². The second kappa shape index (κ2) is 4.77. The van der Waals surface area contributed by atoms with Crippen LogP contribution < -0.4 is 5.32 Å². The highest BCUT2D eigenvalue weighted by atomic mass is 16.5. The van der Waals surface area contributed by atoms with Crippen LogP contribution in [0.25, 0.3) is 0 Å². The van der Waals surface area contributed by atoms with Gasteiger partial charge in [-0.1, -0.05) is 0 Å². The lowest BCUT2D eigenvalue weighted by Crippen LogP contribution is -2.23. The molecule has 1 aliphatic rings. The van der Waals surface area contributed by atoms with Crippen molar-refractivity contribution in [1.82, 2.24) is 14.9 Å². The van der Waals surface area contributed by atoms with E-state index in [2.05, 4.69) is 28.0 Å². The minimum Gasteiger partial charge on any atom is -0.385 e. The lowest BCUT2D eigenvalue weighted by atomic mass is 10.2. The molecule has 4 heteroatoms. The second-order valence-corrected chi connectivity index (χ2v) is 4.08. The molecule has 1 aliphatic heterocycles. The van der Waals surface area contributed by atoms with Gasteiger partial charge < -0.3 is 14.6 Å². The molecule has 2 rings (SSSR count). The van der Waals surface area contributed by atoms with E-state index >= 15 is 0 Å². The summed E-state index contributed by atoms with van der Waals surface area (Å²) in [5, 5.41) is 3.52. The summed E-state index contributed by atoms with van der Waals surface area (Å²) in [5.41, 5.74) is 1.11. The van der Waals surface area contributed by atoms with E-state index in [1.165, 1.54) is 12.2 Å². The number of nitrogens with zero attached hydrogens (tertiary/aromatic N) is 2. The van der Waals surface area contributed by atoms with E-state index in [1.807, 2.05) is 0 Å². The summed E-state index contributed by atoms with van der Waals surface area (Å²) in [6.45, 7) is 4.97. The number of hydrogen-bond donors (Lipinski definition) is 1. The van der Waals surface area contributed by atoms with Gasteiger partial charge in [-0.3, -0.25) is 0 Å². The molecule has 1 N–H and O–H groups in total. The number of hydrogen-bond acceptors (Lipinski definition) is 3. The molecule has 2 heterocycles. The van der Waals surface area contributed by atoms with E-state index in [0.717, 1.165) is 31.8 Å². The summed E-state index contributed by atoms with van der Waals surface area (Å²) in [6, 6.07) is 0.348. The van der Waals surface area contributed by atoms with E-state index in [9.17, 15) is 0 Å². The minimum atomic E-state index is 0.348. The summed E-state index contributed by atoms with van der Waals surface area (Å²) in [6.07, 6.45) is 4.31. The summed E-state index contributed by atoms with van der Waals surface area (Å²) >= 11 is 0. The standard InChI is InChI=1S/C11H19N3O/c1-9-8-14-6-3-5-12-10(4-7-15-2)11(14)13-9/h8,10,12H,3-7H2,1-2H3. The van der Waals surface area contributed by atoms with Gasteiger partial charge >= 0.3 is 0 Å². The number of ether oxygens (including phenoxy) is 1. The summed E-state index contributed by atoms with van der Waals surface area (Å²) < 4.78 is 7.40. The van der Waals surface area contributed by atoms with E-state index in [1.54, 1.807) is 7.11 Å². The van der Waals surface area contributed by atoms with Gasteiger partial charge in [-0.15, -0.1) is 0 Å². The normalized spacial score (nSPS) is 21.1. The van der Waals surface area contributed by atoms with Crippen LogP contribution in [0.1, 0.15) is 30.4 Å². The number of methoxy groups -OCH3 is 1. The Kier molecular flexibility index (Phi) is 3.38. The van der Waals surface area contributed by atoms with Crippen molar-refractivity contribution in [2.24, 2.45) is 0 Å². The quantitative estimate of drug-likeness (QED) is 0.814. The van der Waals surface area contributed by atoms with Gasteiger partial charge in [0.1, 0.15) is 5.82 Å². The fourth-order valence-electron chi connectivity index (χ4n) is 2.11. The number of imidazole rings is 1.